The van der Waals surface area contributed by atoms with Crippen LogP contribution >= 0.6 is 0 Å². The minimum absolute atomic E-state index is 0.0217. The van der Waals surface area contributed by atoms with E-state index < -0.39 is 0 Å². The summed E-state index contributed by atoms with van der Waals surface area (Å²) in [6, 6.07) is 21.6. The van der Waals surface area contributed by atoms with Crippen molar-refractivity contribution in [2.45, 2.75) is 6.42 Å². The molecule has 8 heteroatoms. The molecule has 170 valence electrons. The molecule has 1 aliphatic heterocycles. The van der Waals surface area contributed by atoms with Crippen LogP contribution in [0.3, 0.4) is 0 Å². The Labute approximate surface area is 192 Å². The highest BCUT2D eigenvalue weighted by Gasteiger charge is 2.25. The number of para-hydroxylation sites is 1. The normalized spacial score (nSPS) is 13.6. The molecule has 1 fully saturated rings. The van der Waals surface area contributed by atoms with Crippen molar-refractivity contribution in [2.24, 2.45) is 0 Å². The van der Waals surface area contributed by atoms with E-state index in [9.17, 15) is 20.0 Å². The standard InChI is InChI=1S/C25H26N4O4/c30-24-9-5-4-8-21(24)25(31)28-16-14-27(15-17-28)20-10-11-23(29(32)33)22(18-20)26-13-12-19-6-2-1-3-7-19/h1-11,18,26,30H,12-17H2. The highest BCUT2D eigenvalue weighted by Crippen LogP contribution is 2.30. The number of hydrogen-bond donors (Lipinski definition) is 2. The van der Waals surface area contributed by atoms with Crippen molar-refractivity contribution in [3.63, 3.8) is 0 Å². The number of phenolic OH excluding ortho intramolecular Hbond substituents is 1. The summed E-state index contributed by atoms with van der Waals surface area (Å²) in [5, 5.41) is 24.7. The highest BCUT2D eigenvalue weighted by molar-refractivity contribution is 5.97. The first kappa shape index (κ1) is 22.1. The predicted molar refractivity (Wildman–Crippen MR) is 128 cm³/mol. The van der Waals surface area contributed by atoms with Crippen LogP contribution in [0.2, 0.25) is 0 Å². The van der Waals surface area contributed by atoms with Crippen LogP contribution in [-0.2, 0) is 6.42 Å². The molecular formula is C25H26N4O4. The molecule has 0 aromatic heterocycles. The average Bonchev–Trinajstić information content (AvgIpc) is 2.84. The number of phenols is 1. The molecule has 0 saturated carbocycles. The van der Waals surface area contributed by atoms with Gasteiger partial charge in [-0.2, -0.15) is 0 Å². The number of anilines is 2. The minimum Gasteiger partial charge on any atom is -0.507 e. The number of piperazine rings is 1. The molecule has 1 aliphatic rings. The zero-order chi connectivity index (χ0) is 23.2. The second-order valence-electron chi connectivity index (χ2n) is 7.92. The minimum atomic E-state index is -0.377. The van der Waals surface area contributed by atoms with Gasteiger partial charge in [-0.25, -0.2) is 0 Å². The van der Waals surface area contributed by atoms with Crippen LogP contribution in [0, 0.1) is 10.1 Å². The molecule has 0 spiro atoms. The highest BCUT2D eigenvalue weighted by atomic mass is 16.6. The van der Waals surface area contributed by atoms with E-state index in [4.69, 9.17) is 0 Å². The molecule has 3 aromatic rings. The van der Waals surface area contributed by atoms with E-state index in [0.29, 0.717) is 44.0 Å². The van der Waals surface area contributed by atoms with Gasteiger partial charge in [-0.15, -0.1) is 0 Å². The van der Waals surface area contributed by atoms with E-state index in [2.05, 4.69) is 10.2 Å². The van der Waals surface area contributed by atoms with Gasteiger partial charge < -0.3 is 20.2 Å². The number of aromatic hydroxyl groups is 1. The van der Waals surface area contributed by atoms with Gasteiger partial charge in [-0.3, -0.25) is 14.9 Å². The molecule has 8 nitrogen and oxygen atoms in total. The van der Waals surface area contributed by atoms with Gasteiger partial charge in [0.15, 0.2) is 0 Å². The Bertz CT molecular complexity index is 1130. The monoisotopic (exact) mass is 446 g/mol. The van der Waals surface area contributed by atoms with Crippen molar-refractivity contribution < 1.29 is 14.8 Å². The Hall–Kier alpha value is -4.07. The van der Waals surface area contributed by atoms with E-state index >= 15 is 0 Å². The summed E-state index contributed by atoms with van der Waals surface area (Å²) >= 11 is 0. The maximum Gasteiger partial charge on any atom is 0.292 e. The fourth-order valence-electron chi connectivity index (χ4n) is 4.00. The zero-order valence-electron chi connectivity index (χ0n) is 18.2. The number of rotatable bonds is 7. The summed E-state index contributed by atoms with van der Waals surface area (Å²) < 4.78 is 0. The number of nitrogens with zero attached hydrogens (tertiary/aromatic N) is 3. The molecule has 0 atom stereocenters. The van der Waals surface area contributed by atoms with Crippen molar-refractivity contribution in [1.29, 1.82) is 0 Å². The van der Waals surface area contributed by atoms with Crippen LogP contribution in [0.4, 0.5) is 17.1 Å². The largest absolute Gasteiger partial charge is 0.507 e. The van der Waals surface area contributed by atoms with Crippen molar-refractivity contribution in [3.8, 4) is 5.75 Å². The Balaban J connectivity index is 1.41. The molecule has 0 radical (unpaired) electrons. The van der Waals surface area contributed by atoms with Gasteiger partial charge in [-0.05, 0) is 36.2 Å². The van der Waals surface area contributed by atoms with E-state index in [1.54, 1.807) is 29.2 Å². The van der Waals surface area contributed by atoms with E-state index in [0.717, 1.165) is 17.7 Å². The van der Waals surface area contributed by atoms with Crippen LogP contribution < -0.4 is 10.2 Å². The van der Waals surface area contributed by atoms with Crippen LogP contribution in [0.5, 0.6) is 5.75 Å². The molecule has 1 heterocycles. The zero-order valence-corrected chi connectivity index (χ0v) is 18.2. The first-order valence-corrected chi connectivity index (χ1v) is 10.9. The Morgan fingerprint density at radius 2 is 1.67 bits per heavy atom. The van der Waals surface area contributed by atoms with Gasteiger partial charge in [0.1, 0.15) is 11.4 Å². The summed E-state index contributed by atoms with van der Waals surface area (Å²) in [4.78, 5) is 27.7. The van der Waals surface area contributed by atoms with Crippen LogP contribution in [-0.4, -0.2) is 53.6 Å². The molecule has 33 heavy (non-hydrogen) atoms. The molecule has 4 rings (SSSR count). The van der Waals surface area contributed by atoms with Crippen molar-refractivity contribution in [2.75, 3.05) is 42.9 Å². The van der Waals surface area contributed by atoms with Crippen LogP contribution in [0.25, 0.3) is 0 Å². The second-order valence-corrected chi connectivity index (χ2v) is 7.92. The lowest BCUT2D eigenvalue weighted by atomic mass is 10.1. The van der Waals surface area contributed by atoms with E-state index in [1.165, 1.54) is 12.1 Å². The van der Waals surface area contributed by atoms with Crippen LogP contribution in [0.1, 0.15) is 15.9 Å². The number of amides is 1. The molecule has 3 aromatic carbocycles. The van der Waals surface area contributed by atoms with E-state index in [-0.39, 0.29) is 22.3 Å². The first-order valence-electron chi connectivity index (χ1n) is 10.9. The third kappa shape index (κ3) is 5.23. The fourth-order valence-corrected chi connectivity index (χ4v) is 4.00. The van der Waals surface area contributed by atoms with Gasteiger partial charge in [0.05, 0.1) is 10.5 Å². The van der Waals surface area contributed by atoms with Gasteiger partial charge in [0.25, 0.3) is 11.6 Å². The SMILES string of the molecule is O=C(c1ccccc1O)N1CCN(c2ccc([N+](=O)[O-])c(NCCc3ccccc3)c2)CC1. The fraction of sp³-hybridized carbons (Fsp3) is 0.240. The number of nitro groups is 1. The molecule has 0 unspecified atom stereocenters. The Morgan fingerprint density at radius 3 is 2.36 bits per heavy atom. The third-order valence-corrected chi connectivity index (χ3v) is 5.82. The summed E-state index contributed by atoms with van der Waals surface area (Å²) in [7, 11) is 0. The summed E-state index contributed by atoms with van der Waals surface area (Å²) in [6.45, 7) is 2.78. The Kier molecular flexibility index (Phi) is 6.73. The number of nitro benzene ring substituents is 1. The lowest BCUT2D eigenvalue weighted by molar-refractivity contribution is -0.383. The van der Waals surface area contributed by atoms with Gasteiger partial charge in [-0.1, -0.05) is 42.5 Å². The number of hydrogen-bond acceptors (Lipinski definition) is 6. The van der Waals surface area contributed by atoms with E-state index in [1.807, 2.05) is 36.4 Å². The van der Waals surface area contributed by atoms with Gasteiger partial charge in [0.2, 0.25) is 0 Å². The summed E-state index contributed by atoms with van der Waals surface area (Å²) in [5.74, 6) is -0.216. The van der Waals surface area contributed by atoms with Crippen LogP contribution in [0.15, 0.2) is 72.8 Å². The molecular weight excluding hydrogens is 420 g/mol. The maximum atomic E-state index is 12.7. The summed E-state index contributed by atoms with van der Waals surface area (Å²) in [5.41, 5.74) is 2.86. The smallest absolute Gasteiger partial charge is 0.292 e. The van der Waals surface area contributed by atoms with Gasteiger partial charge in [0, 0.05) is 44.5 Å². The average molecular weight is 447 g/mol. The first-order chi connectivity index (χ1) is 16.0. The second kappa shape index (κ2) is 10.0. The number of carbonyl (C=O) groups excluding carboxylic acids is 1. The molecule has 1 saturated heterocycles. The lowest BCUT2D eigenvalue weighted by Gasteiger charge is -2.36. The molecule has 2 N–H and O–H groups in total. The number of benzene rings is 3. The molecule has 0 bridgehead atoms. The topological polar surface area (TPSA) is 99.0 Å². The third-order valence-electron chi connectivity index (χ3n) is 5.82. The number of nitrogens with one attached hydrogen (secondary N) is 1. The number of carbonyl (C=O) groups is 1. The Morgan fingerprint density at radius 1 is 0.970 bits per heavy atom. The lowest BCUT2D eigenvalue weighted by Crippen LogP contribution is -2.48. The quantitative estimate of drug-likeness (QED) is 0.422. The summed E-state index contributed by atoms with van der Waals surface area (Å²) in [6.07, 6.45) is 0.759. The van der Waals surface area contributed by atoms with Crippen molar-refractivity contribution in [1.82, 2.24) is 4.90 Å². The molecule has 0 aliphatic carbocycles. The predicted octanol–water partition coefficient (Wildman–Crippen LogP) is 3.92. The van der Waals surface area contributed by atoms with Crippen molar-refractivity contribution in [3.05, 3.63) is 94.0 Å². The maximum absolute atomic E-state index is 12.7. The van der Waals surface area contributed by atoms with Gasteiger partial charge >= 0.3 is 0 Å². The van der Waals surface area contributed by atoms with Crippen molar-refractivity contribution >= 4 is 23.0 Å². The molecule has 1 amide bonds.